The van der Waals surface area contributed by atoms with E-state index >= 15 is 0 Å². The van der Waals surface area contributed by atoms with Crippen LogP contribution >= 0.6 is 23.3 Å². The van der Waals surface area contributed by atoms with E-state index in [1.54, 1.807) is 23.3 Å². The van der Waals surface area contributed by atoms with Gasteiger partial charge < -0.3 is 10.1 Å². The molecule has 4 aromatic rings. The van der Waals surface area contributed by atoms with Crippen LogP contribution in [0.2, 0.25) is 0 Å². The van der Waals surface area contributed by atoms with E-state index in [4.69, 9.17) is 9.72 Å². The van der Waals surface area contributed by atoms with Gasteiger partial charge in [-0.15, -0.1) is 11.3 Å². The topological polar surface area (TPSA) is 46.2 Å². The van der Waals surface area contributed by atoms with Crippen LogP contribution in [0.4, 0.5) is 0 Å². The zero-order valence-electron chi connectivity index (χ0n) is 19.8. The number of benzene rings is 3. The molecule has 1 unspecified atom stereocenters. The number of aromatic nitrogens is 1. The second-order valence-electron chi connectivity index (χ2n) is 8.66. The molecule has 2 heterocycles. The van der Waals surface area contributed by atoms with E-state index in [2.05, 4.69) is 89.5 Å². The Bertz CT molecular complexity index is 1320. The third kappa shape index (κ3) is 6.45. The number of hydrogen-bond acceptors (Lipinski definition) is 6. The molecular weight excluding hydrogens is 470 g/mol. The average molecular weight is 500 g/mol. The number of thiazole rings is 1. The van der Waals surface area contributed by atoms with E-state index in [9.17, 15) is 0 Å². The molecule has 1 fully saturated rings. The van der Waals surface area contributed by atoms with Crippen LogP contribution in [0, 0.1) is 17.8 Å². The van der Waals surface area contributed by atoms with E-state index in [0.717, 1.165) is 59.1 Å². The maximum Gasteiger partial charge on any atom is 0.120 e. The van der Waals surface area contributed by atoms with Crippen molar-refractivity contribution >= 4 is 33.5 Å². The Kier molecular flexibility index (Phi) is 8.02. The lowest BCUT2D eigenvalue weighted by Crippen LogP contribution is -2.45. The first-order valence-electron chi connectivity index (χ1n) is 12.1. The maximum absolute atomic E-state index is 6.04. The molecule has 3 aromatic carbocycles. The fourth-order valence-electron chi connectivity index (χ4n) is 3.85. The first kappa shape index (κ1) is 23.9. The predicted octanol–water partition coefficient (Wildman–Crippen LogP) is 6.24. The summed E-state index contributed by atoms with van der Waals surface area (Å²) in [6, 6.07) is 25.3. The summed E-state index contributed by atoms with van der Waals surface area (Å²) in [5, 5.41) is 4.37. The van der Waals surface area contributed by atoms with Crippen molar-refractivity contribution in [1.82, 2.24) is 15.0 Å². The van der Waals surface area contributed by atoms with E-state index in [0.29, 0.717) is 5.92 Å². The quantitative estimate of drug-likeness (QED) is 0.211. The first-order valence-corrected chi connectivity index (χ1v) is 13.7. The molecule has 35 heavy (non-hydrogen) atoms. The van der Waals surface area contributed by atoms with Gasteiger partial charge in [-0.1, -0.05) is 49.1 Å². The fraction of sp³-hybridized carbons (Fsp3) is 0.276. The van der Waals surface area contributed by atoms with Crippen molar-refractivity contribution in [2.24, 2.45) is 5.92 Å². The lowest BCUT2D eigenvalue weighted by Gasteiger charge is -2.26. The number of ether oxygens (including phenoxy) is 1. The van der Waals surface area contributed by atoms with Gasteiger partial charge in [0.05, 0.1) is 22.9 Å². The third-order valence-electron chi connectivity index (χ3n) is 5.86. The summed E-state index contributed by atoms with van der Waals surface area (Å²) in [5.74, 6) is 7.97. The van der Waals surface area contributed by atoms with Crippen LogP contribution in [0.15, 0.2) is 77.7 Å². The van der Waals surface area contributed by atoms with Crippen molar-refractivity contribution in [2.45, 2.75) is 30.7 Å². The minimum atomic E-state index is 0.0670. The molecule has 0 spiro atoms. The normalized spacial score (nSPS) is 14.2. The average Bonchev–Trinajstić information content (AvgIpc) is 3.28. The number of rotatable bonds is 9. The molecule has 1 atom stereocenters. The highest BCUT2D eigenvalue weighted by molar-refractivity contribution is 7.97. The fourth-order valence-corrected chi connectivity index (χ4v) is 5.74. The van der Waals surface area contributed by atoms with Crippen molar-refractivity contribution in [3.05, 3.63) is 88.9 Å². The monoisotopic (exact) mass is 499 g/mol. The number of nitrogens with zero attached hydrogens (tertiary/aromatic N) is 1. The molecule has 1 aliphatic rings. The molecule has 5 rings (SSSR count). The van der Waals surface area contributed by atoms with Crippen molar-refractivity contribution in [1.29, 1.82) is 0 Å². The van der Waals surface area contributed by atoms with Crippen LogP contribution in [0.25, 0.3) is 10.2 Å². The summed E-state index contributed by atoms with van der Waals surface area (Å²) in [6.07, 6.45) is 1.69. The lowest BCUT2D eigenvalue weighted by atomic mass is 10.0. The Labute approximate surface area is 215 Å². The van der Waals surface area contributed by atoms with Crippen molar-refractivity contribution in [3.63, 3.8) is 0 Å². The minimum absolute atomic E-state index is 0.0670. The number of hydrogen-bond donors (Lipinski definition) is 2. The summed E-state index contributed by atoms with van der Waals surface area (Å²) in [7, 11) is 0. The van der Waals surface area contributed by atoms with Crippen molar-refractivity contribution < 1.29 is 4.74 Å². The summed E-state index contributed by atoms with van der Waals surface area (Å²) in [6.45, 7) is 4.93. The van der Waals surface area contributed by atoms with E-state index < -0.39 is 0 Å². The van der Waals surface area contributed by atoms with Gasteiger partial charge in [0.25, 0.3) is 0 Å². The highest BCUT2D eigenvalue weighted by Crippen LogP contribution is 2.33. The SMILES string of the molecule is CCC#Cc1cccc(CC(NSc2ccccc2)c2nc3ccc(OCC4CNC4)cc3s2)c1. The summed E-state index contributed by atoms with van der Waals surface area (Å²) < 4.78 is 10.9. The van der Waals surface area contributed by atoms with Crippen LogP contribution in [0.5, 0.6) is 5.75 Å². The van der Waals surface area contributed by atoms with Gasteiger partial charge in [-0.3, -0.25) is 0 Å². The van der Waals surface area contributed by atoms with Gasteiger partial charge >= 0.3 is 0 Å². The van der Waals surface area contributed by atoms with Crippen LogP contribution in [-0.2, 0) is 6.42 Å². The molecule has 0 amide bonds. The zero-order valence-corrected chi connectivity index (χ0v) is 21.4. The first-order chi connectivity index (χ1) is 17.3. The largest absolute Gasteiger partial charge is 0.493 e. The highest BCUT2D eigenvalue weighted by Gasteiger charge is 2.19. The molecule has 6 heteroatoms. The molecule has 178 valence electrons. The molecule has 0 bridgehead atoms. The van der Waals surface area contributed by atoms with Crippen LogP contribution in [0.3, 0.4) is 0 Å². The molecule has 2 N–H and O–H groups in total. The molecule has 0 saturated carbocycles. The van der Waals surface area contributed by atoms with E-state index in [1.165, 1.54) is 10.5 Å². The third-order valence-corrected chi connectivity index (χ3v) is 7.91. The smallest absolute Gasteiger partial charge is 0.120 e. The Morgan fingerprint density at radius 1 is 1.11 bits per heavy atom. The van der Waals surface area contributed by atoms with Crippen molar-refractivity contribution in [3.8, 4) is 17.6 Å². The van der Waals surface area contributed by atoms with Crippen LogP contribution in [-0.4, -0.2) is 24.7 Å². The van der Waals surface area contributed by atoms with E-state index in [-0.39, 0.29) is 6.04 Å². The Morgan fingerprint density at radius 2 is 2.00 bits per heavy atom. The number of fused-ring (bicyclic) bond motifs is 1. The zero-order chi connectivity index (χ0) is 23.9. The van der Waals surface area contributed by atoms with Gasteiger partial charge in [-0.25, -0.2) is 9.71 Å². The maximum atomic E-state index is 6.04. The van der Waals surface area contributed by atoms with Gasteiger partial charge in [0.2, 0.25) is 0 Å². The molecule has 4 nitrogen and oxygen atoms in total. The second-order valence-corrected chi connectivity index (χ2v) is 10.6. The highest BCUT2D eigenvalue weighted by atomic mass is 32.2. The predicted molar refractivity (Wildman–Crippen MR) is 147 cm³/mol. The second kappa shape index (κ2) is 11.7. The summed E-state index contributed by atoms with van der Waals surface area (Å²) in [5.41, 5.74) is 3.32. The minimum Gasteiger partial charge on any atom is -0.493 e. The standard InChI is InChI=1S/C29H29N3OS2/c1-2-3-8-21-9-7-10-22(15-21)16-27(32-35-25-11-5-4-6-12-25)29-31-26-14-13-24(17-28(26)34-29)33-20-23-18-30-19-23/h4-7,9-15,17,23,27,30,32H,2,16,18-20H2,1H3. The van der Waals surface area contributed by atoms with Crippen LogP contribution in [0.1, 0.15) is 35.5 Å². The Morgan fingerprint density at radius 3 is 2.80 bits per heavy atom. The van der Waals surface area contributed by atoms with Crippen molar-refractivity contribution in [2.75, 3.05) is 19.7 Å². The lowest BCUT2D eigenvalue weighted by molar-refractivity contribution is 0.199. The Balaban J connectivity index is 1.37. The van der Waals surface area contributed by atoms with Gasteiger partial charge in [0.15, 0.2) is 0 Å². The molecule has 0 aliphatic carbocycles. The molecule has 1 aromatic heterocycles. The summed E-state index contributed by atoms with van der Waals surface area (Å²) >= 11 is 3.39. The molecular formula is C29H29N3OS2. The molecule has 0 radical (unpaired) electrons. The molecule has 1 saturated heterocycles. The molecule has 1 aliphatic heterocycles. The van der Waals surface area contributed by atoms with E-state index in [1.807, 2.05) is 12.1 Å². The van der Waals surface area contributed by atoms with Gasteiger partial charge in [-0.05, 0) is 66.4 Å². The van der Waals surface area contributed by atoms with Gasteiger partial charge in [0, 0.05) is 35.9 Å². The van der Waals surface area contributed by atoms with Crippen LogP contribution < -0.4 is 14.8 Å². The summed E-state index contributed by atoms with van der Waals surface area (Å²) in [4.78, 5) is 6.19. The Hall–Kier alpha value is -2.82. The van der Waals surface area contributed by atoms with Gasteiger partial charge in [0.1, 0.15) is 10.8 Å². The number of nitrogens with one attached hydrogen (secondary N) is 2. The van der Waals surface area contributed by atoms with Gasteiger partial charge in [-0.2, -0.15) is 0 Å².